The molecule has 2 N–H and O–H groups in total. The maximum atomic E-state index is 5.71. The van der Waals surface area contributed by atoms with Crippen LogP contribution in [0.25, 0.3) is 0 Å². The average Bonchev–Trinajstić information content (AvgIpc) is 1.88. The normalized spacial score (nSPS) is 13.3. The Morgan fingerprint density at radius 3 is 2.00 bits per heavy atom. The zero-order valence-corrected chi connectivity index (χ0v) is 7.63. The largest absolute Gasteiger partial charge is 0.354 e. The summed E-state index contributed by atoms with van der Waals surface area (Å²) in [6.45, 7) is 3.98. The van der Waals surface area contributed by atoms with Crippen molar-refractivity contribution in [2.75, 3.05) is 14.2 Å². The predicted octanol–water partition coefficient (Wildman–Crippen LogP) is 0.899. The van der Waals surface area contributed by atoms with Crippen molar-refractivity contribution >= 4 is 0 Å². The van der Waals surface area contributed by atoms with Gasteiger partial charge in [-0.05, 0) is 13.8 Å². The van der Waals surface area contributed by atoms with Gasteiger partial charge in [-0.3, -0.25) is 0 Å². The van der Waals surface area contributed by atoms with Gasteiger partial charge < -0.3 is 15.2 Å². The van der Waals surface area contributed by atoms with E-state index in [9.17, 15) is 0 Å². The van der Waals surface area contributed by atoms with Gasteiger partial charge in [-0.1, -0.05) is 11.6 Å². The number of ether oxygens (including phenoxy) is 2. The van der Waals surface area contributed by atoms with E-state index in [1.54, 1.807) is 14.2 Å². The van der Waals surface area contributed by atoms with Crippen LogP contribution in [0.2, 0.25) is 0 Å². The van der Waals surface area contributed by atoms with Gasteiger partial charge in [-0.15, -0.1) is 0 Å². The third-order valence-electron chi connectivity index (χ3n) is 1.30. The fourth-order valence-electron chi connectivity index (χ4n) is 0.874. The molecule has 3 nitrogen and oxygen atoms in total. The molecule has 0 heterocycles. The minimum Gasteiger partial charge on any atom is -0.354 e. The van der Waals surface area contributed by atoms with E-state index in [2.05, 4.69) is 0 Å². The summed E-state index contributed by atoms with van der Waals surface area (Å²) in [7, 11) is 3.15. The highest BCUT2D eigenvalue weighted by molar-refractivity contribution is 5.00. The monoisotopic (exact) mass is 159 g/mol. The zero-order chi connectivity index (χ0) is 8.85. The molecule has 0 saturated carbocycles. The number of methoxy groups -OCH3 is 2. The van der Waals surface area contributed by atoms with E-state index in [4.69, 9.17) is 15.2 Å². The zero-order valence-electron chi connectivity index (χ0n) is 7.63. The molecule has 0 aliphatic rings. The van der Waals surface area contributed by atoms with Gasteiger partial charge in [-0.25, -0.2) is 0 Å². The van der Waals surface area contributed by atoms with E-state index >= 15 is 0 Å². The summed E-state index contributed by atoms with van der Waals surface area (Å²) in [4.78, 5) is 0. The first kappa shape index (κ1) is 10.6. The maximum Gasteiger partial charge on any atom is 0.175 e. The van der Waals surface area contributed by atoms with E-state index in [-0.39, 0.29) is 12.3 Å². The number of hydrogen-bond donors (Lipinski definition) is 1. The van der Waals surface area contributed by atoms with Crippen molar-refractivity contribution in [3.63, 3.8) is 0 Å². The Kier molecular flexibility index (Phi) is 5.11. The van der Waals surface area contributed by atoms with E-state index in [0.29, 0.717) is 0 Å². The Morgan fingerprint density at radius 2 is 1.73 bits per heavy atom. The van der Waals surface area contributed by atoms with Gasteiger partial charge in [0.25, 0.3) is 0 Å². The molecule has 1 atom stereocenters. The lowest BCUT2D eigenvalue weighted by atomic mass is 10.2. The lowest BCUT2D eigenvalue weighted by Gasteiger charge is -2.18. The lowest BCUT2D eigenvalue weighted by molar-refractivity contribution is -0.108. The molecule has 0 aliphatic heterocycles. The van der Waals surface area contributed by atoms with Crippen LogP contribution in [0.15, 0.2) is 11.6 Å². The van der Waals surface area contributed by atoms with Crippen LogP contribution >= 0.6 is 0 Å². The van der Waals surface area contributed by atoms with Crippen LogP contribution < -0.4 is 5.73 Å². The molecule has 0 aliphatic carbocycles. The summed E-state index contributed by atoms with van der Waals surface area (Å²) in [5.74, 6) is 0. The van der Waals surface area contributed by atoms with E-state index in [1.807, 2.05) is 19.9 Å². The lowest BCUT2D eigenvalue weighted by Crippen LogP contribution is -2.35. The number of rotatable bonds is 4. The SMILES string of the molecule is COC(OC)C(N)C=C(C)C. The molecule has 0 fully saturated rings. The second-order valence-electron chi connectivity index (χ2n) is 2.66. The topological polar surface area (TPSA) is 44.5 Å². The highest BCUT2D eigenvalue weighted by atomic mass is 16.7. The van der Waals surface area contributed by atoms with Crippen LogP contribution in [0, 0.1) is 0 Å². The smallest absolute Gasteiger partial charge is 0.175 e. The first-order valence-corrected chi connectivity index (χ1v) is 3.58. The average molecular weight is 159 g/mol. The molecular weight excluding hydrogens is 142 g/mol. The van der Waals surface area contributed by atoms with Crippen molar-refractivity contribution in [3.8, 4) is 0 Å². The minimum absolute atomic E-state index is 0.185. The number of nitrogens with two attached hydrogens (primary N) is 1. The van der Waals surface area contributed by atoms with Crippen LogP contribution in [0.5, 0.6) is 0 Å². The Balaban J connectivity index is 3.98. The summed E-state index contributed by atoms with van der Waals surface area (Å²) in [5, 5.41) is 0. The molecule has 0 radical (unpaired) electrons. The molecule has 3 heteroatoms. The van der Waals surface area contributed by atoms with Crippen LogP contribution in [0.1, 0.15) is 13.8 Å². The van der Waals surface area contributed by atoms with Crippen LogP contribution in [0.4, 0.5) is 0 Å². The van der Waals surface area contributed by atoms with Crippen molar-refractivity contribution in [3.05, 3.63) is 11.6 Å². The van der Waals surface area contributed by atoms with Crippen LogP contribution in [-0.2, 0) is 9.47 Å². The first-order chi connectivity index (χ1) is 5.11. The van der Waals surface area contributed by atoms with Crippen LogP contribution in [-0.4, -0.2) is 26.6 Å². The number of allylic oxidation sites excluding steroid dienone is 1. The minimum atomic E-state index is -0.343. The molecule has 0 aromatic heterocycles. The molecule has 66 valence electrons. The van der Waals surface area contributed by atoms with Gasteiger partial charge in [0.15, 0.2) is 6.29 Å². The molecule has 0 aromatic rings. The Hall–Kier alpha value is -0.380. The third-order valence-corrected chi connectivity index (χ3v) is 1.30. The standard InChI is InChI=1S/C8H17NO2/c1-6(2)5-7(9)8(10-3)11-4/h5,7-8H,9H2,1-4H3. The second kappa shape index (κ2) is 5.29. The predicted molar refractivity (Wildman–Crippen MR) is 45.2 cm³/mol. The van der Waals surface area contributed by atoms with Crippen LogP contribution in [0.3, 0.4) is 0 Å². The van der Waals surface area contributed by atoms with Crippen molar-refractivity contribution in [2.45, 2.75) is 26.2 Å². The molecule has 0 saturated heterocycles. The highest BCUT2D eigenvalue weighted by Crippen LogP contribution is 2.01. The van der Waals surface area contributed by atoms with Crippen molar-refractivity contribution < 1.29 is 9.47 Å². The Morgan fingerprint density at radius 1 is 1.27 bits per heavy atom. The molecule has 0 spiro atoms. The van der Waals surface area contributed by atoms with Crippen molar-refractivity contribution in [2.24, 2.45) is 5.73 Å². The number of hydrogen-bond acceptors (Lipinski definition) is 3. The van der Waals surface area contributed by atoms with E-state index < -0.39 is 0 Å². The summed E-state index contributed by atoms with van der Waals surface area (Å²) in [6, 6.07) is -0.185. The highest BCUT2D eigenvalue weighted by Gasteiger charge is 2.12. The third kappa shape index (κ3) is 4.14. The molecule has 11 heavy (non-hydrogen) atoms. The molecule has 1 unspecified atom stereocenters. The second-order valence-corrected chi connectivity index (χ2v) is 2.66. The molecule has 0 amide bonds. The molecule has 0 bridgehead atoms. The van der Waals surface area contributed by atoms with Gasteiger partial charge in [0.05, 0.1) is 6.04 Å². The van der Waals surface area contributed by atoms with Crippen molar-refractivity contribution in [1.82, 2.24) is 0 Å². The fraction of sp³-hybridized carbons (Fsp3) is 0.750. The first-order valence-electron chi connectivity index (χ1n) is 3.58. The quantitative estimate of drug-likeness (QED) is 0.489. The van der Waals surface area contributed by atoms with Gasteiger partial charge in [0, 0.05) is 14.2 Å². The van der Waals surface area contributed by atoms with Gasteiger partial charge >= 0.3 is 0 Å². The van der Waals surface area contributed by atoms with Crippen molar-refractivity contribution in [1.29, 1.82) is 0 Å². The summed E-state index contributed by atoms with van der Waals surface area (Å²) < 4.78 is 9.94. The summed E-state index contributed by atoms with van der Waals surface area (Å²) >= 11 is 0. The maximum absolute atomic E-state index is 5.71. The molecular formula is C8H17NO2. The van der Waals surface area contributed by atoms with Gasteiger partial charge in [0.2, 0.25) is 0 Å². The Labute approximate surface area is 68.2 Å². The summed E-state index contributed by atoms with van der Waals surface area (Å²) in [5.41, 5.74) is 6.88. The fourth-order valence-corrected chi connectivity index (χ4v) is 0.874. The van der Waals surface area contributed by atoms with E-state index in [0.717, 1.165) is 5.57 Å². The van der Waals surface area contributed by atoms with Gasteiger partial charge in [-0.2, -0.15) is 0 Å². The molecule has 0 aromatic carbocycles. The Bertz CT molecular complexity index is 126. The van der Waals surface area contributed by atoms with E-state index in [1.165, 1.54) is 0 Å². The van der Waals surface area contributed by atoms with Gasteiger partial charge in [0.1, 0.15) is 0 Å². The summed E-state index contributed by atoms with van der Waals surface area (Å²) in [6.07, 6.45) is 1.57. The molecule has 0 rings (SSSR count).